The molecule has 0 atom stereocenters. The SMILES string of the molecule is OB(O)c1cccc(CCCCCCCCCC(F)(F)F)c1. The molecule has 0 radical (unpaired) electrons. The van der Waals surface area contributed by atoms with E-state index in [0.29, 0.717) is 11.9 Å². The van der Waals surface area contributed by atoms with E-state index in [1.807, 2.05) is 12.1 Å². The first-order valence-electron chi connectivity index (χ1n) is 7.90. The summed E-state index contributed by atoms with van der Waals surface area (Å²) in [5.41, 5.74) is 1.58. The van der Waals surface area contributed by atoms with Crippen LogP contribution in [-0.4, -0.2) is 23.3 Å². The van der Waals surface area contributed by atoms with Crippen LogP contribution in [-0.2, 0) is 6.42 Å². The van der Waals surface area contributed by atoms with Gasteiger partial charge >= 0.3 is 13.3 Å². The van der Waals surface area contributed by atoms with Crippen molar-refractivity contribution in [2.45, 2.75) is 64.0 Å². The van der Waals surface area contributed by atoms with Crippen molar-refractivity contribution in [2.24, 2.45) is 0 Å². The lowest BCUT2D eigenvalue weighted by atomic mass is 9.79. The van der Waals surface area contributed by atoms with Crippen molar-refractivity contribution < 1.29 is 23.2 Å². The number of rotatable bonds is 10. The van der Waals surface area contributed by atoms with E-state index in [1.165, 1.54) is 0 Å². The lowest BCUT2D eigenvalue weighted by Crippen LogP contribution is -2.29. The Hall–Kier alpha value is -1.01. The largest absolute Gasteiger partial charge is 0.488 e. The molecule has 0 amide bonds. The Morgan fingerprint density at radius 2 is 1.45 bits per heavy atom. The first-order chi connectivity index (χ1) is 10.4. The van der Waals surface area contributed by atoms with Gasteiger partial charge < -0.3 is 10.0 Å². The van der Waals surface area contributed by atoms with Gasteiger partial charge in [-0.3, -0.25) is 0 Å². The molecule has 0 saturated heterocycles. The summed E-state index contributed by atoms with van der Waals surface area (Å²) in [6, 6.07) is 7.24. The molecule has 0 aliphatic carbocycles. The Bertz CT molecular complexity index is 422. The van der Waals surface area contributed by atoms with Gasteiger partial charge in [-0.1, -0.05) is 56.4 Å². The topological polar surface area (TPSA) is 40.5 Å². The van der Waals surface area contributed by atoms with E-state index in [0.717, 1.165) is 44.1 Å². The molecule has 0 saturated carbocycles. The highest BCUT2D eigenvalue weighted by Gasteiger charge is 2.25. The van der Waals surface area contributed by atoms with Crippen LogP contribution >= 0.6 is 0 Å². The molecule has 0 bridgehead atoms. The molecule has 2 N–H and O–H groups in total. The van der Waals surface area contributed by atoms with Crippen molar-refractivity contribution in [1.82, 2.24) is 0 Å². The first-order valence-corrected chi connectivity index (χ1v) is 7.90. The second-order valence-corrected chi connectivity index (χ2v) is 5.71. The van der Waals surface area contributed by atoms with E-state index in [2.05, 4.69) is 0 Å². The van der Waals surface area contributed by atoms with Crippen molar-refractivity contribution in [2.75, 3.05) is 0 Å². The van der Waals surface area contributed by atoms with Gasteiger partial charge in [0.15, 0.2) is 0 Å². The summed E-state index contributed by atoms with van der Waals surface area (Å²) < 4.78 is 35.8. The monoisotopic (exact) mass is 316 g/mol. The molecule has 1 aromatic carbocycles. The van der Waals surface area contributed by atoms with Crippen LogP contribution in [0.25, 0.3) is 0 Å². The molecule has 0 aliphatic heterocycles. The maximum absolute atomic E-state index is 11.9. The van der Waals surface area contributed by atoms with Crippen LogP contribution in [0.3, 0.4) is 0 Å². The van der Waals surface area contributed by atoms with Crippen LogP contribution in [0, 0.1) is 0 Å². The maximum Gasteiger partial charge on any atom is 0.488 e. The summed E-state index contributed by atoms with van der Waals surface area (Å²) in [5, 5.41) is 18.2. The zero-order chi connectivity index (χ0) is 16.4. The fourth-order valence-corrected chi connectivity index (χ4v) is 2.45. The molecule has 0 aliphatic rings. The number of unbranched alkanes of at least 4 members (excludes halogenated alkanes) is 6. The highest BCUT2D eigenvalue weighted by Crippen LogP contribution is 2.23. The van der Waals surface area contributed by atoms with Crippen LogP contribution in [0.5, 0.6) is 0 Å². The Morgan fingerprint density at radius 1 is 0.864 bits per heavy atom. The van der Waals surface area contributed by atoms with Crippen LogP contribution < -0.4 is 5.46 Å². The van der Waals surface area contributed by atoms with Gasteiger partial charge in [0, 0.05) is 6.42 Å². The summed E-state index contributed by atoms with van der Waals surface area (Å²) in [7, 11) is -1.43. The minimum absolute atomic E-state index is 0.236. The molecule has 6 heteroatoms. The fourth-order valence-electron chi connectivity index (χ4n) is 2.45. The highest BCUT2D eigenvalue weighted by molar-refractivity contribution is 6.58. The second kappa shape index (κ2) is 9.90. The maximum atomic E-state index is 11.9. The van der Waals surface area contributed by atoms with Gasteiger partial charge in [0.2, 0.25) is 0 Å². The molecule has 0 fully saturated rings. The average molecular weight is 316 g/mol. The van der Waals surface area contributed by atoms with E-state index in [1.54, 1.807) is 12.1 Å². The van der Waals surface area contributed by atoms with Crippen LogP contribution in [0.1, 0.15) is 56.9 Å². The molecule has 124 valence electrons. The molecule has 1 aromatic rings. The number of hydrogen-bond acceptors (Lipinski definition) is 2. The van der Waals surface area contributed by atoms with Gasteiger partial charge in [-0.25, -0.2) is 0 Å². The van der Waals surface area contributed by atoms with Crippen molar-refractivity contribution in [3.63, 3.8) is 0 Å². The lowest BCUT2D eigenvalue weighted by Gasteiger charge is -2.06. The third kappa shape index (κ3) is 9.10. The third-order valence-electron chi connectivity index (χ3n) is 3.67. The molecule has 22 heavy (non-hydrogen) atoms. The van der Waals surface area contributed by atoms with E-state index < -0.39 is 19.7 Å². The van der Waals surface area contributed by atoms with Crippen molar-refractivity contribution in [3.8, 4) is 0 Å². The van der Waals surface area contributed by atoms with Crippen molar-refractivity contribution >= 4 is 12.6 Å². The molecule has 0 unspecified atom stereocenters. The number of alkyl halides is 3. The number of aryl methyl sites for hydroxylation is 1. The average Bonchev–Trinajstić information content (AvgIpc) is 2.44. The number of hydrogen-bond donors (Lipinski definition) is 2. The quantitative estimate of drug-likeness (QED) is 0.511. The van der Waals surface area contributed by atoms with Gasteiger partial charge in [0.25, 0.3) is 0 Å². The fraction of sp³-hybridized carbons (Fsp3) is 0.625. The molecular weight excluding hydrogens is 292 g/mol. The van der Waals surface area contributed by atoms with Gasteiger partial charge in [0.1, 0.15) is 0 Å². The summed E-state index contributed by atoms with van der Waals surface area (Å²) in [4.78, 5) is 0. The summed E-state index contributed by atoms with van der Waals surface area (Å²) >= 11 is 0. The third-order valence-corrected chi connectivity index (χ3v) is 3.67. The van der Waals surface area contributed by atoms with E-state index in [4.69, 9.17) is 10.0 Å². The Labute approximate surface area is 130 Å². The first kappa shape index (κ1) is 19.0. The predicted octanol–water partition coefficient (Wildman–Crippen LogP) is 3.59. The Balaban J connectivity index is 2.03. The van der Waals surface area contributed by atoms with Crippen LogP contribution in [0.15, 0.2) is 24.3 Å². The second-order valence-electron chi connectivity index (χ2n) is 5.71. The molecular formula is C16H24BF3O2. The Morgan fingerprint density at radius 3 is 2.05 bits per heavy atom. The van der Waals surface area contributed by atoms with Crippen molar-refractivity contribution in [1.29, 1.82) is 0 Å². The Kier molecular flexibility index (Phi) is 8.57. The molecule has 0 heterocycles. The minimum Gasteiger partial charge on any atom is -0.423 e. The predicted molar refractivity (Wildman–Crippen MR) is 83.0 cm³/mol. The van der Waals surface area contributed by atoms with Gasteiger partial charge in [0.05, 0.1) is 0 Å². The molecule has 0 aromatic heterocycles. The zero-order valence-electron chi connectivity index (χ0n) is 12.8. The summed E-state index contributed by atoms with van der Waals surface area (Å²) in [6.07, 6.45) is 2.02. The van der Waals surface area contributed by atoms with Gasteiger partial charge in [-0.05, 0) is 30.3 Å². The van der Waals surface area contributed by atoms with E-state index in [-0.39, 0.29) is 6.42 Å². The highest BCUT2D eigenvalue weighted by atomic mass is 19.4. The normalized spacial score (nSPS) is 11.7. The number of halogens is 3. The van der Waals surface area contributed by atoms with E-state index >= 15 is 0 Å². The number of benzene rings is 1. The standard InChI is InChI=1S/C16H24BF3O2/c18-16(19,20)12-7-5-3-1-2-4-6-9-14-10-8-11-15(13-14)17(21)22/h8,10-11,13,21-22H,1-7,9,12H2. The molecule has 2 nitrogen and oxygen atoms in total. The van der Waals surface area contributed by atoms with Gasteiger partial charge in [-0.2, -0.15) is 13.2 Å². The minimum atomic E-state index is -4.02. The van der Waals surface area contributed by atoms with Crippen LogP contribution in [0.2, 0.25) is 0 Å². The van der Waals surface area contributed by atoms with E-state index in [9.17, 15) is 13.2 Å². The smallest absolute Gasteiger partial charge is 0.423 e. The molecule has 1 rings (SSSR count). The summed E-state index contributed by atoms with van der Waals surface area (Å²) in [5.74, 6) is 0. The molecule has 0 spiro atoms. The van der Waals surface area contributed by atoms with Crippen LogP contribution in [0.4, 0.5) is 13.2 Å². The lowest BCUT2D eigenvalue weighted by molar-refractivity contribution is -0.135. The zero-order valence-corrected chi connectivity index (χ0v) is 12.8. The van der Waals surface area contributed by atoms with Crippen molar-refractivity contribution in [3.05, 3.63) is 29.8 Å². The van der Waals surface area contributed by atoms with Gasteiger partial charge in [-0.15, -0.1) is 0 Å². The summed E-state index contributed by atoms with van der Waals surface area (Å²) in [6.45, 7) is 0.